The number of likely N-dealkylation sites (N-methyl/N-ethyl adjacent to an activating group) is 1. The van der Waals surface area contributed by atoms with E-state index in [0.717, 1.165) is 38.4 Å². The van der Waals surface area contributed by atoms with Gasteiger partial charge in [0, 0.05) is 31.2 Å². The lowest BCUT2D eigenvalue weighted by molar-refractivity contribution is -0.133. The first-order chi connectivity index (χ1) is 12.6. The molecule has 2 amide bonds. The molecule has 5 rings (SSSR count). The van der Waals surface area contributed by atoms with Gasteiger partial charge in [0.05, 0.1) is 25.3 Å². The summed E-state index contributed by atoms with van der Waals surface area (Å²) in [5.74, 6) is 1.51. The number of carbonyl (C=O) groups excluding carboxylic acids is 2. The van der Waals surface area contributed by atoms with Gasteiger partial charge >= 0.3 is 0 Å². The number of anilines is 1. The summed E-state index contributed by atoms with van der Waals surface area (Å²) in [7, 11) is 2.02. The minimum Gasteiger partial charge on any atom is -0.381 e. The van der Waals surface area contributed by atoms with E-state index in [2.05, 4.69) is 4.90 Å². The maximum absolute atomic E-state index is 12.9. The minimum atomic E-state index is -0.139. The van der Waals surface area contributed by atoms with E-state index in [9.17, 15) is 9.59 Å². The molecule has 3 aliphatic heterocycles. The van der Waals surface area contributed by atoms with E-state index in [-0.39, 0.29) is 17.4 Å². The second-order valence-electron chi connectivity index (χ2n) is 8.30. The molecule has 6 heteroatoms. The van der Waals surface area contributed by atoms with Crippen molar-refractivity contribution in [1.29, 1.82) is 0 Å². The molecule has 1 spiro atoms. The highest BCUT2D eigenvalue weighted by Crippen LogP contribution is 2.52. The molecule has 1 aromatic carbocycles. The lowest BCUT2D eigenvalue weighted by atomic mass is 9.92. The minimum absolute atomic E-state index is 0.128. The second kappa shape index (κ2) is 5.79. The van der Waals surface area contributed by atoms with Crippen molar-refractivity contribution in [3.05, 3.63) is 30.3 Å². The molecule has 3 heterocycles. The van der Waals surface area contributed by atoms with Gasteiger partial charge in [0.2, 0.25) is 11.8 Å². The maximum atomic E-state index is 12.9. The van der Waals surface area contributed by atoms with Crippen LogP contribution in [0.1, 0.15) is 6.42 Å². The molecule has 1 aliphatic carbocycles. The third-order valence-electron chi connectivity index (χ3n) is 6.88. The van der Waals surface area contributed by atoms with Crippen molar-refractivity contribution in [2.45, 2.75) is 12.0 Å². The Morgan fingerprint density at radius 1 is 1.15 bits per heavy atom. The Labute approximate surface area is 153 Å². The molecule has 0 aromatic heterocycles. The Kier molecular flexibility index (Phi) is 3.62. The van der Waals surface area contributed by atoms with Gasteiger partial charge in [-0.2, -0.15) is 0 Å². The highest BCUT2D eigenvalue weighted by molar-refractivity contribution is 5.96. The Hall–Kier alpha value is -1.92. The third-order valence-corrected chi connectivity index (χ3v) is 6.88. The van der Waals surface area contributed by atoms with E-state index < -0.39 is 0 Å². The number of para-hydroxylation sites is 1. The summed E-state index contributed by atoms with van der Waals surface area (Å²) in [5, 5.41) is 0. The van der Waals surface area contributed by atoms with Crippen LogP contribution in [0.5, 0.6) is 0 Å². The topological polar surface area (TPSA) is 53.1 Å². The first kappa shape index (κ1) is 16.3. The molecule has 1 aromatic rings. The number of carbonyl (C=O) groups is 2. The summed E-state index contributed by atoms with van der Waals surface area (Å²) in [4.78, 5) is 31.6. The number of hydrogen-bond acceptors (Lipinski definition) is 4. The van der Waals surface area contributed by atoms with Gasteiger partial charge in [0.25, 0.3) is 0 Å². The van der Waals surface area contributed by atoms with E-state index in [4.69, 9.17) is 4.74 Å². The number of nitrogens with zero attached hydrogens (tertiary/aromatic N) is 3. The van der Waals surface area contributed by atoms with E-state index in [1.54, 1.807) is 0 Å². The Bertz CT molecular complexity index is 729. The van der Waals surface area contributed by atoms with Crippen LogP contribution in [0.4, 0.5) is 5.69 Å². The van der Waals surface area contributed by atoms with Gasteiger partial charge in [0.1, 0.15) is 0 Å². The van der Waals surface area contributed by atoms with E-state index >= 15 is 0 Å². The van der Waals surface area contributed by atoms with Crippen molar-refractivity contribution in [1.82, 2.24) is 9.80 Å². The summed E-state index contributed by atoms with van der Waals surface area (Å²) in [6.07, 6.45) is 0.921. The van der Waals surface area contributed by atoms with Crippen molar-refractivity contribution in [2.75, 3.05) is 51.3 Å². The molecule has 1 saturated carbocycles. The van der Waals surface area contributed by atoms with Crippen LogP contribution in [0.15, 0.2) is 30.3 Å². The fourth-order valence-electron chi connectivity index (χ4n) is 5.10. The zero-order valence-electron chi connectivity index (χ0n) is 15.1. The first-order valence-electron chi connectivity index (χ1n) is 9.52. The zero-order valence-corrected chi connectivity index (χ0v) is 15.1. The quantitative estimate of drug-likeness (QED) is 0.789. The van der Waals surface area contributed by atoms with Crippen molar-refractivity contribution >= 4 is 17.5 Å². The monoisotopic (exact) mass is 355 g/mol. The molecular weight excluding hydrogens is 330 g/mol. The Balaban J connectivity index is 1.33. The first-order valence-corrected chi connectivity index (χ1v) is 9.52. The summed E-state index contributed by atoms with van der Waals surface area (Å²) in [6.45, 7) is 4.05. The lowest BCUT2D eigenvalue weighted by Crippen LogP contribution is -2.64. The number of fused-ring (bicyclic) bond motifs is 1. The van der Waals surface area contributed by atoms with Crippen molar-refractivity contribution < 1.29 is 14.3 Å². The van der Waals surface area contributed by atoms with Crippen LogP contribution < -0.4 is 4.90 Å². The summed E-state index contributed by atoms with van der Waals surface area (Å²) in [5.41, 5.74) is 0.809. The molecule has 2 unspecified atom stereocenters. The molecular formula is C20H25N3O3. The standard InChI is InChI=1S/C20H25N3O3/c1-21-9-17(24)23(14-5-3-2-4-6-14)13-20(21)7-8-22(12-20)19(25)18-15-10-26-11-16(15)18/h2-6,15-16,18H,7-13H2,1H3/t15-,16+,18?,20?. The number of ether oxygens (including phenoxy) is 1. The predicted molar refractivity (Wildman–Crippen MR) is 96.6 cm³/mol. The van der Waals surface area contributed by atoms with Crippen molar-refractivity contribution in [2.24, 2.45) is 17.8 Å². The molecule has 4 atom stereocenters. The number of rotatable bonds is 2. The van der Waals surface area contributed by atoms with E-state index in [1.165, 1.54) is 0 Å². The van der Waals surface area contributed by atoms with Gasteiger partial charge in [-0.1, -0.05) is 18.2 Å². The smallest absolute Gasteiger partial charge is 0.241 e. The number of amides is 2. The van der Waals surface area contributed by atoms with Crippen molar-refractivity contribution in [3.63, 3.8) is 0 Å². The van der Waals surface area contributed by atoms with Gasteiger partial charge in [-0.15, -0.1) is 0 Å². The molecule has 0 radical (unpaired) electrons. The molecule has 4 fully saturated rings. The Morgan fingerprint density at radius 2 is 1.88 bits per heavy atom. The number of benzene rings is 1. The largest absolute Gasteiger partial charge is 0.381 e. The predicted octanol–water partition coefficient (Wildman–Crippen LogP) is 0.829. The third kappa shape index (κ3) is 2.39. The molecule has 3 saturated heterocycles. The van der Waals surface area contributed by atoms with Crippen LogP contribution in [-0.4, -0.2) is 73.6 Å². The normalized spacial score (nSPS) is 36.7. The molecule has 138 valence electrons. The van der Waals surface area contributed by atoms with Gasteiger partial charge in [0.15, 0.2) is 0 Å². The summed E-state index contributed by atoms with van der Waals surface area (Å²) < 4.78 is 5.43. The highest BCUT2D eigenvalue weighted by atomic mass is 16.5. The highest BCUT2D eigenvalue weighted by Gasteiger charge is 2.60. The van der Waals surface area contributed by atoms with E-state index in [1.807, 2.05) is 47.2 Å². The van der Waals surface area contributed by atoms with Crippen molar-refractivity contribution in [3.8, 4) is 0 Å². The number of piperazine rings is 1. The molecule has 6 nitrogen and oxygen atoms in total. The fourth-order valence-corrected chi connectivity index (χ4v) is 5.10. The van der Waals surface area contributed by atoms with Crippen LogP contribution in [0.3, 0.4) is 0 Å². The van der Waals surface area contributed by atoms with Crippen LogP contribution >= 0.6 is 0 Å². The Morgan fingerprint density at radius 3 is 2.62 bits per heavy atom. The van der Waals surface area contributed by atoms with Crippen LogP contribution in [-0.2, 0) is 14.3 Å². The summed E-state index contributed by atoms with van der Waals surface area (Å²) in [6, 6.07) is 9.87. The van der Waals surface area contributed by atoms with Gasteiger partial charge in [-0.05, 0) is 37.4 Å². The SMILES string of the molecule is CN1CC(=O)N(c2ccccc2)CC12CCN(C(=O)C1[C@H]3COC[C@@H]13)C2. The van der Waals surface area contributed by atoms with Gasteiger partial charge in [-0.3, -0.25) is 14.5 Å². The van der Waals surface area contributed by atoms with Gasteiger partial charge in [-0.25, -0.2) is 0 Å². The van der Waals surface area contributed by atoms with Crippen LogP contribution in [0.25, 0.3) is 0 Å². The molecule has 26 heavy (non-hydrogen) atoms. The number of likely N-dealkylation sites (tertiary alicyclic amines) is 1. The zero-order chi connectivity index (χ0) is 17.9. The van der Waals surface area contributed by atoms with E-state index in [0.29, 0.717) is 30.8 Å². The van der Waals surface area contributed by atoms with Crippen LogP contribution in [0.2, 0.25) is 0 Å². The van der Waals surface area contributed by atoms with Gasteiger partial charge < -0.3 is 14.5 Å². The van der Waals surface area contributed by atoms with Crippen LogP contribution in [0, 0.1) is 17.8 Å². The average Bonchev–Trinajstić information content (AvgIpc) is 3.01. The second-order valence-corrected chi connectivity index (χ2v) is 8.30. The maximum Gasteiger partial charge on any atom is 0.241 e. The average molecular weight is 355 g/mol. The lowest BCUT2D eigenvalue weighted by Gasteiger charge is -2.46. The molecule has 0 bridgehead atoms. The number of hydrogen-bond donors (Lipinski definition) is 0. The summed E-state index contributed by atoms with van der Waals surface area (Å²) >= 11 is 0. The molecule has 4 aliphatic rings. The fraction of sp³-hybridized carbons (Fsp3) is 0.600. The molecule has 0 N–H and O–H groups in total.